The van der Waals surface area contributed by atoms with Crippen molar-refractivity contribution >= 4 is 17.5 Å². The Labute approximate surface area is 120 Å². The number of Topliss-reactive ketones (excluding diaryl/α,β-unsaturated/α-hetero) is 1. The number of phenols is 1. The molecule has 0 bridgehead atoms. The zero-order chi connectivity index (χ0) is 14.7. The SMILES string of the molecule is CC(=O)c1ccc(O)c(CSc2nc(C)cc(=O)[nH]2)c1. The van der Waals surface area contributed by atoms with Crippen molar-refractivity contribution in [3.8, 4) is 5.75 Å². The summed E-state index contributed by atoms with van der Waals surface area (Å²) in [6, 6.07) is 6.15. The van der Waals surface area contributed by atoms with Crippen LogP contribution in [0.1, 0.15) is 28.5 Å². The molecule has 2 N–H and O–H groups in total. The van der Waals surface area contributed by atoms with Gasteiger partial charge in [-0.1, -0.05) is 11.8 Å². The molecule has 0 saturated carbocycles. The fraction of sp³-hybridized carbons (Fsp3) is 0.214. The lowest BCUT2D eigenvalue weighted by Gasteiger charge is -2.06. The Bertz CT molecular complexity index is 710. The van der Waals surface area contributed by atoms with Gasteiger partial charge in [0.2, 0.25) is 0 Å². The third-order valence-electron chi connectivity index (χ3n) is 2.70. The summed E-state index contributed by atoms with van der Waals surface area (Å²) in [4.78, 5) is 29.5. The van der Waals surface area contributed by atoms with Crippen molar-refractivity contribution in [1.29, 1.82) is 0 Å². The first-order valence-corrected chi connectivity index (χ1v) is 6.98. The van der Waals surface area contributed by atoms with E-state index in [0.717, 1.165) is 0 Å². The fourth-order valence-electron chi connectivity index (χ4n) is 1.69. The van der Waals surface area contributed by atoms with Gasteiger partial charge in [0, 0.05) is 28.6 Å². The molecule has 2 rings (SSSR count). The summed E-state index contributed by atoms with van der Waals surface area (Å²) in [7, 11) is 0. The summed E-state index contributed by atoms with van der Waals surface area (Å²) in [5.74, 6) is 0.482. The van der Waals surface area contributed by atoms with Crippen LogP contribution in [0.15, 0.2) is 34.2 Å². The Kier molecular flexibility index (Phi) is 4.24. The smallest absolute Gasteiger partial charge is 0.251 e. The third kappa shape index (κ3) is 3.48. The lowest BCUT2D eigenvalue weighted by Crippen LogP contribution is -2.08. The first-order chi connectivity index (χ1) is 9.45. The van der Waals surface area contributed by atoms with E-state index in [1.807, 2.05) is 0 Å². The van der Waals surface area contributed by atoms with Crippen molar-refractivity contribution < 1.29 is 9.90 Å². The van der Waals surface area contributed by atoms with E-state index in [4.69, 9.17) is 0 Å². The lowest BCUT2D eigenvalue weighted by molar-refractivity contribution is 0.101. The molecule has 104 valence electrons. The largest absolute Gasteiger partial charge is 0.508 e. The highest BCUT2D eigenvalue weighted by Crippen LogP contribution is 2.26. The van der Waals surface area contributed by atoms with Gasteiger partial charge in [0.15, 0.2) is 10.9 Å². The Balaban J connectivity index is 2.20. The summed E-state index contributed by atoms with van der Waals surface area (Å²) in [5, 5.41) is 10.3. The van der Waals surface area contributed by atoms with E-state index < -0.39 is 0 Å². The number of carbonyl (C=O) groups is 1. The monoisotopic (exact) mass is 290 g/mol. The van der Waals surface area contributed by atoms with Gasteiger partial charge in [-0.2, -0.15) is 0 Å². The number of ketones is 1. The number of hydrogen-bond acceptors (Lipinski definition) is 5. The van der Waals surface area contributed by atoms with Gasteiger partial charge in [-0.05, 0) is 32.0 Å². The van der Waals surface area contributed by atoms with Gasteiger partial charge in [0.05, 0.1) is 0 Å². The molecular formula is C14H14N2O3S. The van der Waals surface area contributed by atoms with Crippen molar-refractivity contribution in [2.45, 2.75) is 24.8 Å². The van der Waals surface area contributed by atoms with Crippen LogP contribution >= 0.6 is 11.8 Å². The molecule has 0 fully saturated rings. The zero-order valence-electron chi connectivity index (χ0n) is 11.1. The molecule has 1 aromatic heterocycles. The maximum Gasteiger partial charge on any atom is 0.251 e. The Morgan fingerprint density at radius 3 is 2.80 bits per heavy atom. The number of aromatic amines is 1. The number of nitrogens with zero attached hydrogens (tertiary/aromatic N) is 1. The molecular weight excluding hydrogens is 276 g/mol. The molecule has 0 radical (unpaired) electrons. The first-order valence-electron chi connectivity index (χ1n) is 5.99. The summed E-state index contributed by atoms with van der Waals surface area (Å²) in [6.07, 6.45) is 0. The van der Waals surface area contributed by atoms with Crippen LogP contribution in [0.5, 0.6) is 5.75 Å². The van der Waals surface area contributed by atoms with Gasteiger partial charge < -0.3 is 10.1 Å². The topological polar surface area (TPSA) is 83.0 Å². The Morgan fingerprint density at radius 1 is 1.40 bits per heavy atom. The minimum absolute atomic E-state index is 0.0571. The number of carbonyl (C=O) groups excluding carboxylic acids is 1. The quantitative estimate of drug-likeness (QED) is 0.513. The van der Waals surface area contributed by atoms with Crippen LogP contribution in [-0.4, -0.2) is 20.9 Å². The molecule has 1 aromatic carbocycles. The van der Waals surface area contributed by atoms with Crippen molar-refractivity contribution in [3.63, 3.8) is 0 Å². The second-order valence-electron chi connectivity index (χ2n) is 4.38. The van der Waals surface area contributed by atoms with E-state index in [1.54, 1.807) is 19.1 Å². The maximum atomic E-state index is 11.3. The number of rotatable bonds is 4. The molecule has 0 atom stereocenters. The second-order valence-corrected chi connectivity index (χ2v) is 5.34. The van der Waals surface area contributed by atoms with Gasteiger partial charge in [0.25, 0.3) is 5.56 Å². The summed E-state index contributed by atoms with van der Waals surface area (Å²) >= 11 is 1.30. The van der Waals surface area contributed by atoms with Crippen molar-refractivity contribution in [2.75, 3.05) is 0 Å². The van der Waals surface area contributed by atoms with Crippen LogP contribution in [0.4, 0.5) is 0 Å². The predicted octanol–water partition coefficient (Wildman–Crippen LogP) is 2.28. The molecule has 0 aliphatic carbocycles. The highest BCUT2D eigenvalue weighted by Gasteiger charge is 2.08. The van der Waals surface area contributed by atoms with Crippen LogP contribution in [0.2, 0.25) is 0 Å². The van der Waals surface area contributed by atoms with Crippen molar-refractivity contribution in [2.24, 2.45) is 0 Å². The predicted molar refractivity (Wildman–Crippen MR) is 77.3 cm³/mol. The average molecular weight is 290 g/mol. The molecule has 0 amide bonds. The van der Waals surface area contributed by atoms with E-state index in [0.29, 0.717) is 27.7 Å². The minimum atomic E-state index is -0.207. The number of hydrogen-bond donors (Lipinski definition) is 2. The van der Waals surface area contributed by atoms with E-state index in [1.165, 1.54) is 30.8 Å². The van der Waals surface area contributed by atoms with Gasteiger partial charge in [-0.25, -0.2) is 4.98 Å². The van der Waals surface area contributed by atoms with Gasteiger partial charge in [-0.3, -0.25) is 9.59 Å². The van der Waals surface area contributed by atoms with Crippen molar-refractivity contribution in [3.05, 3.63) is 51.4 Å². The number of phenolic OH excluding ortho intramolecular Hbond substituents is 1. The lowest BCUT2D eigenvalue weighted by atomic mass is 10.1. The number of H-pyrrole nitrogens is 1. The summed E-state index contributed by atoms with van der Waals surface area (Å²) < 4.78 is 0. The highest BCUT2D eigenvalue weighted by atomic mass is 32.2. The van der Waals surface area contributed by atoms with Gasteiger partial charge in [0.1, 0.15) is 5.75 Å². The number of aryl methyl sites for hydroxylation is 1. The van der Waals surface area contributed by atoms with Crippen molar-refractivity contribution in [1.82, 2.24) is 9.97 Å². The standard InChI is InChI=1S/C14H14N2O3S/c1-8-5-13(19)16-14(15-8)20-7-11-6-10(9(2)17)3-4-12(11)18/h3-6,18H,7H2,1-2H3,(H,15,16,19). The van der Waals surface area contributed by atoms with Gasteiger partial charge >= 0.3 is 0 Å². The van der Waals surface area contributed by atoms with Crippen LogP contribution in [0, 0.1) is 6.92 Å². The van der Waals surface area contributed by atoms with Crippen LogP contribution in [0.25, 0.3) is 0 Å². The number of thioether (sulfide) groups is 1. The number of benzene rings is 1. The van der Waals surface area contributed by atoms with E-state index >= 15 is 0 Å². The average Bonchev–Trinajstić information content (AvgIpc) is 2.36. The van der Waals surface area contributed by atoms with E-state index in [9.17, 15) is 14.7 Å². The highest BCUT2D eigenvalue weighted by molar-refractivity contribution is 7.98. The van der Waals surface area contributed by atoms with E-state index in [-0.39, 0.29) is 17.1 Å². The fourth-order valence-corrected chi connectivity index (χ4v) is 2.59. The molecule has 2 aromatic rings. The second kappa shape index (κ2) is 5.92. The molecule has 5 nitrogen and oxygen atoms in total. The molecule has 0 unspecified atom stereocenters. The Morgan fingerprint density at radius 2 is 2.15 bits per heavy atom. The minimum Gasteiger partial charge on any atom is -0.508 e. The van der Waals surface area contributed by atoms with Crippen LogP contribution < -0.4 is 5.56 Å². The third-order valence-corrected chi connectivity index (χ3v) is 3.62. The van der Waals surface area contributed by atoms with Crippen LogP contribution in [0.3, 0.4) is 0 Å². The summed E-state index contributed by atoms with van der Waals surface area (Å²) in [5.41, 5.74) is 1.61. The Hall–Kier alpha value is -2.08. The number of aromatic hydroxyl groups is 1. The molecule has 0 saturated heterocycles. The number of aromatic nitrogens is 2. The maximum absolute atomic E-state index is 11.3. The normalized spacial score (nSPS) is 10.5. The molecule has 6 heteroatoms. The van der Waals surface area contributed by atoms with Crippen LogP contribution in [-0.2, 0) is 5.75 Å². The zero-order valence-corrected chi connectivity index (χ0v) is 12.0. The first kappa shape index (κ1) is 14.3. The molecule has 0 aliphatic heterocycles. The molecule has 0 aliphatic rings. The van der Waals surface area contributed by atoms with Gasteiger partial charge in [-0.15, -0.1) is 0 Å². The van der Waals surface area contributed by atoms with E-state index in [2.05, 4.69) is 9.97 Å². The molecule has 20 heavy (non-hydrogen) atoms. The molecule has 0 spiro atoms. The number of nitrogens with one attached hydrogen (secondary N) is 1. The summed E-state index contributed by atoms with van der Waals surface area (Å²) in [6.45, 7) is 3.22. The molecule has 1 heterocycles.